The maximum Gasteiger partial charge on any atom is 0.346 e. The van der Waals surface area contributed by atoms with Crippen molar-refractivity contribution in [2.45, 2.75) is 44.2 Å². The molecule has 1 amide bonds. The molecule has 144 valence electrons. The molecule has 0 aromatic carbocycles. The maximum atomic E-state index is 12.8. The second kappa shape index (κ2) is 7.64. The Bertz CT molecular complexity index is 856. The van der Waals surface area contributed by atoms with E-state index in [9.17, 15) is 9.59 Å². The first-order chi connectivity index (χ1) is 13.2. The summed E-state index contributed by atoms with van der Waals surface area (Å²) in [4.78, 5) is 31.6. The Balaban J connectivity index is 1.58. The molecule has 0 bridgehead atoms. The molecule has 1 unspecified atom stereocenters. The van der Waals surface area contributed by atoms with E-state index < -0.39 is 0 Å². The maximum absolute atomic E-state index is 12.8. The number of rotatable bonds is 6. The molecule has 0 spiro atoms. The monoisotopic (exact) mass is 371 g/mol. The van der Waals surface area contributed by atoms with E-state index in [2.05, 4.69) is 10.1 Å². The Labute approximate surface area is 157 Å². The van der Waals surface area contributed by atoms with Gasteiger partial charge < -0.3 is 9.64 Å². The second-order valence-electron chi connectivity index (χ2n) is 7.26. The molecule has 8 heteroatoms. The molecule has 1 atom stereocenters. The Hall–Kier alpha value is -2.48. The van der Waals surface area contributed by atoms with Gasteiger partial charge in [0.25, 0.3) is 5.91 Å². The number of nitrogens with zero attached hydrogens (tertiary/aromatic N) is 5. The molecule has 3 heterocycles. The van der Waals surface area contributed by atoms with Crippen LogP contribution < -0.4 is 5.69 Å². The molecule has 1 aliphatic carbocycles. The number of carbonyl (C=O) groups excluding carboxylic acids is 1. The third-order valence-corrected chi connectivity index (χ3v) is 5.27. The predicted octanol–water partition coefficient (Wildman–Crippen LogP) is 1.44. The molecule has 2 fully saturated rings. The van der Waals surface area contributed by atoms with Crippen LogP contribution in [0.4, 0.5) is 0 Å². The van der Waals surface area contributed by atoms with Crippen LogP contribution in [-0.2, 0) is 11.3 Å². The molecular formula is C19H25N5O3. The molecule has 2 aromatic heterocycles. The average Bonchev–Trinajstić information content (AvgIpc) is 3.50. The largest absolute Gasteiger partial charge is 0.383 e. The highest BCUT2D eigenvalue weighted by Gasteiger charge is 2.35. The number of hydrogen-bond acceptors (Lipinski definition) is 5. The predicted molar refractivity (Wildman–Crippen MR) is 98.7 cm³/mol. The summed E-state index contributed by atoms with van der Waals surface area (Å²) in [5.74, 6) is 0.833. The zero-order valence-electron chi connectivity index (χ0n) is 15.6. The number of likely N-dealkylation sites (tertiary alicyclic amines) is 1. The number of methoxy groups -OCH3 is 1. The summed E-state index contributed by atoms with van der Waals surface area (Å²) in [6.07, 6.45) is 5.50. The third kappa shape index (κ3) is 3.66. The molecule has 0 radical (unpaired) electrons. The van der Waals surface area contributed by atoms with Crippen molar-refractivity contribution in [1.29, 1.82) is 0 Å². The molecular weight excluding hydrogens is 346 g/mol. The summed E-state index contributed by atoms with van der Waals surface area (Å²) >= 11 is 0. The number of carbonyl (C=O) groups is 1. The normalized spacial score (nSPS) is 20.0. The first kappa shape index (κ1) is 17.9. The van der Waals surface area contributed by atoms with Gasteiger partial charge in [-0.25, -0.2) is 9.48 Å². The summed E-state index contributed by atoms with van der Waals surface area (Å²) in [6.45, 7) is 2.19. The smallest absolute Gasteiger partial charge is 0.346 e. The van der Waals surface area contributed by atoms with Gasteiger partial charge in [-0.05, 0) is 37.8 Å². The van der Waals surface area contributed by atoms with E-state index in [-0.39, 0.29) is 23.6 Å². The second-order valence-corrected chi connectivity index (χ2v) is 7.26. The minimum Gasteiger partial charge on any atom is -0.383 e. The van der Waals surface area contributed by atoms with Crippen LogP contribution in [0, 0.1) is 0 Å². The summed E-state index contributed by atoms with van der Waals surface area (Å²) in [7, 11) is 1.62. The molecule has 1 aliphatic heterocycles. The van der Waals surface area contributed by atoms with Crippen LogP contribution in [0.25, 0.3) is 0 Å². The third-order valence-electron chi connectivity index (χ3n) is 5.27. The molecule has 1 saturated carbocycles. The van der Waals surface area contributed by atoms with E-state index >= 15 is 0 Å². The highest BCUT2D eigenvalue weighted by molar-refractivity contribution is 5.92. The quantitative estimate of drug-likeness (QED) is 0.767. The Morgan fingerprint density at radius 2 is 2.15 bits per heavy atom. The van der Waals surface area contributed by atoms with Gasteiger partial charge in [0.2, 0.25) is 0 Å². The lowest BCUT2D eigenvalue weighted by molar-refractivity contribution is 0.0697. The van der Waals surface area contributed by atoms with Gasteiger partial charge in [0.15, 0.2) is 0 Å². The number of amides is 1. The van der Waals surface area contributed by atoms with E-state index in [0.717, 1.165) is 31.5 Å². The van der Waals surface area contributed by atoms with Crippen molar-refractivity contribution < 1.29 is 9.53 Å². The van der Waals surface area contributed by atoms with Crippen molar-refractivity contribution in [3.05, 3.63) is 46.4 Å². The molecule has 1 saturated heterocycles. The van der Waals surface area contributed by atoms with Crippen LogP contribution in [0.1, 0.15) is 54.0 Å². The zero-order valence-corrected chi connectivity index (χ0v) is 15.6. The number of piperidine rings is 1. The van der Waals surface area contributed by atoms with Gasteiger partial charge in [0, 0.05) is 38.4 Å². The molecule has 27 heavy (non-hydrogen) atoms. The van der Waals surface area contributed by atoms with Crippen LogP contribution in [0.5, 0.6) is 0 Å². The van der Waals surface area contributed by atoms with Gasteiger partial charge >= 0.3 is 5.69 Å². The summed E-state index contributed by atoms with van der Waals surface area (Å²) in [6, 6.07) is 5.62. The van der Waals surface area contributed by atoms with E-state index in [0.29, 0.717) is 31.9 Å². The fourth-order valence-corrected chi connectivity index (χ4v) is 3.74. The van der Waals surface area contributed by atoms with Crippen LogP contribution in [0.3, 0.4) is 0 Å². The lowest BCUT2D eigenvalue weighted by atomic mass is 9.96. The van der Waals surface area contributed by atoms with Gasteiger partial charge in [0.05, 0.1) is 13.2 Å². The highest BCUT2D eigenvalue weighted by Crippen LogP contribution is 2.37. The standard InChI is InChI=1S/C19H25N5O3/c1-27-12-11-23-19(26)24(15-7-8-15)17(21-23)14-5-4-10-22(13-14)18(25)16-6-2-3-9-20-16/h2-3,6,9,14-15H,4-5,7-8,10-13H2,1H3. The Morgan fingerprint density at radius 3 is 2.85 bits per heavy atom. The first-order valence-electron chi connectivity index (χ1n) is 9.57. The minimum absolute atomic E-state index is 0.0561. The van der Waals surface area contributed by atoms with Crippen molar-refractivity contribution >= 4 is 5.91 Å². The topological polar surface area (TPSA) is 82.2 Å². The minimum atomic E-state index is -0.0577. The number of hydrogen-bond donors (Lipinski definition) is 0. The molecule has 4 rings (SSSR count). The molecule has 0 N–H and O–H groups in total. The lowest BCUT2D eigenvalue weighted by Crippen LogP contribution is -2.40. The first-order valence-corrected chi connectivity index (χ1v) is 9.57. The molecule has 8 nitrogen and oxygen atoms in total. The SMILES string of the molecule is COCCn1nc(C2CCCN(C(=O)c3ccccn3)C2)n(C2CC2)c1=O. The van der Waals surface area contributed by atoms with Crippen LogP contribution in [0.2, 0.25) is 0 Å². The average molecular weight is 371 g/mol. The van der Waals surface area contributed by atoms with Crippen molar-refractivity contribution in [2.75, 3.05) is 26.8 Å². The van der Waals surface area contributed by atoms with Crippen LogP contribution in [-0.4, -0.2) is 56.9 Å². The van der Waals surface area contributed by atoms with E-state index in [1.54, 1.807) is 25.4 Å². The Morgan fingerprint density at radius 1 is 1.30 bits per heavy atom. The molecule has 2 aliphatic rings. The van der Waals surface area contributed by atoms with E-state index in [4.69, 9.17) is 4.74 Å². The van der Waals surface area contributed by atoms with E-state index in [1.807, 2.05) is 15.5 Å². The van der Waals surface area contributed by atoms with Crippen LogP contribution in [0.15, 0.2) is 29.2 Å². The number of pyridine rings is 1. The van der Waals surface area contributed by atoms with E-state index in [1.165, 1.54) is 4.68 Å². The van der Waals surface area contributed by atoms with Gasteiger partial charge in [-0.1, -0.05) is 6.07 Å². The van der Waals surface area contributed by atoms with Gasteiger partial charge in [-0.3, -0.25) is 14.3 Å². The molecule has 2 aromatic rings. The fourth-order valence-electron chi connectivity index (χ4n) is 3.74. The van der Waals surface area contributed by atoms with Gasteiger partial charge in [0.1, 0.15) is 11.5 Å². The van der Waals surface area contributed by atoms with Crippen LogP contribution >= 0.6 is 0 Å². The fraction of sp³-hybridized carbons (Fsp3) is 0.579. The van der Waals surface area contributed by atoms with Crippen molar-refractivity contribution in [1.82, 2.24) is 24.2 Å². The highest BCUT2D eigenvalue weighted by atomic mass is 16.5. The van der Waals surface area contributed by atoms with Crippen molar-refractivity contribution in [2.24, 2.45) is 0 Å². The summed E-state index contributed by atoms with van der Waals surface area (Å²) in [5.41, 5.74) is 0.404. The Kier molecular flexibility index (Phi) is 5.07. The lowest BCUT2D eigenvalue weighted by Gasteiger charge is -2.32. The number of ether oxygens (including phenoxy) is 1. The van der Waals surface area contributed by atoms with Crippen molar-refractivity contribution in [3.63, 3.8) is 0 Å². The van der Waals surface area contributed by atoms with Crippen molar-refractivity contribution in [3.8, 4) is 0 Å². The van der Waals surface area contributed by atoms with Gasteiger partial charge in [-0.2, -0.15) is 5.10 Å². The zero-order chi connectivity index (χ0) is 18.8. The summed E-state index contributed by atoms with van der Waals surface area (Å²) in [5, 5.41) is 4.63. The number of aromatic nitrogens is 4. The summed E-state index contributed by atoms with van der Waals surface area (Å²) < 4.78 is 8.47. The van der Waals surface area contributed by atoms with Gasteiger partial charge in [-0.15, -0.1) is 0 Å².